The van der Waals surface area contributed by atoms with Crippen LogP contribution in [0.4, 0.5) is 0 Å². The lowest BCUT2D eigenvalue weighted by Gasteiger charge is -2.21. The first-order valence-electron chi connectivity index (χ1n) is 3.48. The highest BCUT2D eigenvalue weighted by molar-refractivity contribution is 5.23. The highest BCUT2D eigenvalue weighted by Gasteiger charge is 2.18. The molecule has 0 aromatic heterocycles. The zero-order valence-electron chi connectivity index (χ0n) is 5.33. The van der Waals surface area contributed by atoms with Gasteiger partial charge in [-0.2, -0.15) is 0 Å². The smallest absolute Gasteiger partial charge is 0.00186 e. The van der Waals surface area contributed by atoms with Gasteiger partial charge in [-0.15, -0.1) is 0 Å². The molecule has 0 aliphatic heterocycles. The lowest BCUT2D eigenvalue weighted by Crippen LogP contribution is -2.11. The first-order chi connectivity index (χ1) is 4.47. The fourth-order valence-corrected chi connectivity index (χ4v) is 1.31. The van der Waals surface area contributed by atoms with E-state index in [1.807, 2.05) is 0 Å². The molecule has 2 aliphatic carbocycles. The molecule has 0 amide bonds. The maximum Gasteiger partial charge on any atom is 0.00186 e. The standard InChI is InChI=1S/C9H10/c1-2-5-8(4-1)9-6-3-7-9/h1-6,8-9H,7H2. The van der Waals surface area contributed by atoms with Crippen molar-refractivity contribution < 1.29 is 0 Å². The summed E-state index contributed by atoms with van der Waals surface area (Å²) in [5, 5.41) is 0. The van der Waals surface area contributed by atoms with Gasteiger partial charge >= 0.3 is 0 Å². The molecule has 2 rings (SSSR count). The minimum absolute atomic E-state index is 0.718. The Labute approximate surface area is 55.6 Å². The lowest BCUT2D eigenvalue weighted by molar-refractivity contribution is 0.527. The van der Waals surface area contributed by atoms with Gasteiger partial charge in [0, 0.05) is 5.92 Å². The highest BCUT2D eigenvalue weighted by atomic mass is 14.2. The van der Waals surface area contributed by atoms with E-state index >= 15 is 0 Å². The van der Waals surface area contributed by atoms with Crippen molar-refractivity contribution in [1.29, 1.82) is 0 Å². The fourth-order valence-electron chi connectivity index (χ4n) is 1.31. The summed E-state index contributed by atoms with van der Waals surface area (Å²) in [6.45, 7) is 0. The molecule has 0 aromatic rings. The van der Waals surface area contributed by atoms with E-state index in [1.54, 1.807) is 0 Å². The zero-order chi connectivity index (χ0) is 6.10. The Morgan fingerprint density at radius 1 is 1.00 bits per heavy atom. The summed E-state index contributed by atoms with van der Waals surface area (Å²) in [7, 11) is 0. The van der Waals surface area contributed by atoms with E-state index in [9.17, 15) is 0 Å². The molecule has 0 saturated heterocycles. The molecule has 46 valence electrons. The average Bonchev–Trinajstić information content (AvgIpc) is 2.11. The molecule has 0 heterocycles. The highest BCUT2D eigenvalue weighted by Crippen LogP contribution is 2.29. The average molecular weight is 118 g/mol. The Balaban J connectivity index is 2.06. The van der Waals surface area contributed by atoms with Gasteiger partial charge in [-0.1, -0.05) is 36.5 Å². The number of allylic oxidation sites excluding steroid dienone is 6. The van der Waals surface area contributed by atoms with Crippen LogP contribution in [0.3, 0.4) is 0 Å². The van der Waals surface area contributed by atoms with Crippen molar-refractivity contribution in [3.63, 3.8) is 0 Å². The van der Waals surface area contributed by atoms with E-state index in [4.69, 9.17) is 0 Å². The Bertz CT molecular complexity index is 172. The molecule has 0 saturated carbocycles. The third-order valence-electron chi connectivity index (χ3n) is 2.06. The minimum Gasteiger partial charge on any atom is -0.0876 e. The van der Waals surface area contributed by atoms with Crippen molar-refractivity contribution in [3.05, 3.63) is 36.5 Å². The summed E-state index contributed by atoms with van der Waals surface area (Å²) in [5.74, 6) is 1.54. The van der Waals surface area contributed by atoms with E-state index < -0.39 is 0 Å². The van der Waals surface area contributed by atoms with E-state index in [0.29, 0.717) is 0 Å². The number of hydrogen-bond acceptors (Lipinski definition) is 0. The van der Waals surface area contributed by atoms with Crippen LogP contribution in [-0.4, -0.2) is 0 Å². The molecule has 0 spiro atoms. The predicted octanol–water partition coefficient (Wildman–Crippen LogP) is 2.30. The van der Waals surface area contributed by atoms with Crippen molar-refractivity contribution in [2.24, 2.45) is 11.8 Å². The Morgan fingerprint density at radius 3 is 2.11 bits per heavy atom. The second-order valence-electron chi connectivity index (χ2n) is 2.67. The second-order valence-corrected chi connectivity index (χ2v) is 2.67. The van der Waals surface area contributed by atoms with Gasteiger partial charge in [0.15, 0.2) is 0 Å². The summed E-state index contributed by atoms with van der Waals surface area (Å²) >= 11 is 0. The summed E-state index contributed by atoms with van der Waals surface area (Å²) in [4.78, 5) is 0. The molecule has 0 radical (unpaired) electrons. The monoisotopic (exact) mass is 118 g/mol. The Kier molecular flexibility index (Phi) is 1.05. The zero-order valence-corrected chi connectivity index (χ0v) is 5.33. The maximum absolute atomic E-state index is 2.30. The van der Waals surface area contributed by atoms with Crippen molar-refractivity contribution in [2.75, 3.05) is 0 Å². The molecular formula is C9H10. The predicted molar refractivity (Wildman–Crippen MR) is 39.0 cm³/mol. The third-order valence-corrected chi connectivity index (χ3v) is 2.06. The largest absolute Gasteiger partial charge is 0.0876 e. The van der Waals surface area contributed by atoms with Gasteiger partial charge in [0.05, 0.1) is 0 Å². The van der Waals surface area contributed by atoms with Gasteiger partial charge in [0.1, 0.15) is 0 Å². The van der Waals surface area contributed by atoms with Crippen LogP contribution in [0.15, 0.2) is 36.5 Å². The summed E-state index contributed by atoms with van der Waals surface area (Å²) < 4.78 is 0. The first kappa shape index (κ1) is 5.04. The van der Waals surface area contributed by atoms with Gasteiger partial charge in [0.25, 0.3) is 0 Å². The fraction of sp³-hybridized carbons (Fsp3) is 0.333. The molecule has 2 aliphatic rings. The van der Waals surface area contributed by atoms with Gasteiger partial charge in [-0.05, 0) is 12.3 Å². The second kappa shape index (κ2) is 1.87. The summed E-state index contributed by atoms with van der Waals surface area (Å²) in [6.07, 6.45) is 14.6. The van der Waals surface area contributed by atoms with Gasteiger partial charge in [-0.3, -0.25) is 0 Å². The molecule has 9 heavy (non-hydrogen) atoms. The van der Waals surface area contributed by atoms with Crippen LogP contribution < -0.4 is 0 Å². The normalized spacial score (nSPS) is 31.3. The van der Waals surface area contributed by atoms with Crippen LogP contribution in [-0.2, 0) is 0 Å². The molecule has 0 nitrogen and oxygen atoms in total. The van der Waals surface area contributed by atoms with E-state index in [1.165, 1.54) is 6.42 Å². The van der Waals surface area contributed by atoms with Gasteiger partial charge < -0.3 is 0 Å². The molecule has 0 fully saturated rings. The van der Waals surface area contributed by atoms with Crippen molar-refractivity contribution in [3.8, 4) is 0 Å². The molecule has 1 unspecified atom stereocenters. The van der Waals surface area contributed by atoms with Crippen LogP contribution in [0.1, 0.15) is 6.42 Å². The summed E-state index contributed by atoms with van der Waals surface area (Å²) in [5.41, 5.74) is 0. The first-order valence-corrected chi connectivity index (χ1v) is 3.48. The third kappa shape index (κ3) is 0.748. The summed E-state index contributed by atoms with van der Waals surface area (Å²) in [6, 6.07) is 0. The van der Waals surface area contributed by atoms with E-state index in [0.717, 1.165) is 11.8 Å². The van der Waals surface area contributed by atoms with Crippen LogP contribution in [0, 0.1) is 11.8 Å². The molecule has 0 aromatic carbocycles. The van der Waals surface area contributed by atoms with Crippen molar-refractivity contribution >= 4 is 0 Å². The van der Waals surface area contributed by atoms with Gasteiger partial charge in [-0.25, -0.2) is 0 Å². The van der Waals surface area contributed by atoms with Crippen LogP contribution in [0.2, 0.25) is 0 Å². The molecule has 0 heteroatoms. The van der Waals surface area contributed by atoms with Crippen molar-refractivity contribution in [1.82, 2.24) is 0 Å². The quantitative estimate of drug-likeness (QED) is 0.463. The number of hydrogen-bond donors (Lipinski definition) is 0. The lowest BCUT2D eigenvalue weighted by atomic mass is 9.84. The molecule has 0 bridgehead atoms. The molecule has 0 N–H and O–H groups in total. The topological polar surface area (TPSA) is 0 Å². The Hall–Kier alpha value is -0.780. The van der Waals surface area contributed by atoms with Crippen LogP contribution >= 0.6 is 0 Å². The minimum atomic E-state index is 0.718. The SMILES string of the molecule is C1=CC(C2C=CC2)C=C1. The van der Waals surface area contributed by atoms with Crippen molar-refractivity contribution in [2.45, 2.75) is 6.42 Å². The number of rotatable bonds is 1. The van der Waals surface area contributed by atoms with E-state index in [-0.39, 0.29) is 0 Å². The van der Waals surface area contributed by atoms with Gasteiger partial charge in [0.2, 0.25) is 0 Å². The maximum atomic E-state index is 2.30. The van der Waals surface area contributed by atoms with E-state index in [2.05, 4.69) is 36.5 Å². The Morgan fingerprint density at radius 2 is 1.67 bits per heavy atom. The van der Waals surface area contributed by atoms with Crippen LogP contribution in [0.5, 0.6) is 0 Å². The molecular weight excluding hydrogens is 108 g/mol. The van der Waals surface area contributed by atoms with Crippen LogP contribution in [0.25, 0.3) is 0 Å². The molecule has 1 atom stereocenters.